The van der Waals surface area contributed by atoms with Crippen molar-refractivity contribution in [1.29, 1.82) is 0 Å². The normalized spacial score (nSPS) is 16.7. The fourth-order valence-corrected chi connectivity index (χ4v) is 6.15. The molecule has 0 saturated carbocycles. The molecule has 1 unspecified atom stereocenters. The molecule has 2 aliphatic heterocycles. The number of amides is 2. The average molecular weight is 669 g/mol. The van der Waals surface area contributed by atoms with E-state index >= 15 is 0 Å². The maximum atomic E-state index is 14.8. The molecular weight excluding hydrogens is 634 g/mol. The highest BCUT2D eigenvalue weighted by molar-refractivity contribution is 7.14. The van der Waals surface area contributed by atoms with Crippen LogP contribution in [0.3, 0.4) is 0 Å². The third kappa shape index (κ3) is 8.28. The SMILES string of the molecule is O=C1CCC(c2ccc(OCCOCCn3cc(CCOc4c(-c5csc(N6CCOCC6)n5)ccc(F)c4F)nn3)cc2)C(=O)N1. The zero-order valence-electron chi connectivity index (χ0n) is 25.5. The smallest absolute Gasteiger partial charge is 0.234 e. The number of morpholine rings is 1. The fourth-order valence-electron chi connectivity index (χ4n) is 5.27. The number of piperidine rings is 1. The number of anilines is 1. The van der Waals surface area contributed by atoms with Gasteiger partial charge >= 0.3 is 0 Å². The van der Waals surface area contributed by atoms with Gasteiger partial charge in [-0.05, 0) is 36.2 Å². The molecule has 15 heteroatoms. The number of nitrogens with zero attached hydrogens (tertiary/aromatic N) is 5. The molecule has 2 saturated heterocycles. The van der Waals surface area contributed by atoms with Crippen LogP contribution in [0.2, 0.25) is 0 Å². The van der Waals surface area contributed by atoms with E-state index in [-0.39, 0.29) is 30.1 Å². The maximum Gasteiger partial charge on any atom is 0.234 e. The Labute approximate surface area is 273 Å². The van der Waals surface area contributed by atoms with Crippen molar-refractivity contribution in [2.45, 2.75) is 31.7 Å². The molecule has 1 atom stereocenters. The number of carbonyl (C=O) groups excluding carboxylic acids is 2. The van der Waals surface area contributed by atoms with Crippen molar-refractivity contribution >= 4 is 28.3 Å². The molecule has 12 nitrogen and oxygen atoms in total. The first-order valence-corrected chi connectivity index (χ1v) is 16.2. The molecule has 2 aromatic carbocycles. The number of halogens is 2. The molecule has 0 bridgehead atoms. The lowest BCUT2D eigenvalue weighted by Crippen LogP contribution is -2.39. The number of aromatic nitrogens is 4. The first-order chi connectivity index (χ1) is 22.9. The van der Waals surface area contributed by atoms with E-state index in [1.807, 2.05) is 17.5 Å². The largest absolute Gasteiger partial charge is 0.491 e. The monoisotopic (exact) mass is 668 g/mol. The van der Waals surface area contributed by atoms with Crippen LogP contribution >= 0.6 is 11.3 Å². The maximum absolute atomic E-state index is 14.8. The Kier molecular flexibility index (Phi) is 10.6. The Morgan fingerprint density at radius 3 is 2.64 bits per heavy atom. The number of benzene rings is 2. The summed E-state index contributed by atoms with van der Waals surface area (Å²) in [5, 5.41) is 13.2. The van der Waals surface area contributed by atoms with Gasteiger partial charge in [-0.2, -0.15) is 4.39 Å². The van der Waals surface area contributed by atoms with E-state index in [0.29, 0.717) is 81.5 Å². The second-order valence-electron chi connectivity index (χ2n) is 11.0. The molecule has 1 N–H and O–H groups in total. The van der Waals surface area contributed by atoms with Gasteiger partial charge in [0.1, 0.15) is 12.4 Å². The Morgan fingerprint density at radius 2 is 1.83 bits per heavy atom. The summed E-state index contributed by atoms with van der Waals surface area (Å²) in [5.74, 6) is -2.41. The molecular formula is C32H34F2N6O6S. The first kappa shape index (κ1) is 32.5. The van der Waals surface area contributed by atoms with Gasteiger partial charge in [0.05, 0.1) is 56.9 Å². The zero-order chi connectivity index (χ0) is 32.6. The van der Waals surface area contributed by atoms with Crippen LogP contribution in [-0.4, -0.2) is 84.5 Å². The van der Waals surface area contributed by atoms with Gasteiger partial charge in [-0.15, -0.1) is 16.4 Å². The summed E-state index contributed by atoms with van der Waals surface area (Å²) in [6.07, 6.45) is 2.93. The number of rotatable bonds is 14. The van der Waals surface area contributed by atoms with Crippen molar-refractivity contribution in [2.24, 2.45) is 0 Å². The van der Waals surface area contributed by atoms with Crippen molar-refractivity contribution in [3.63, 3.8) is 0 Å². The third-order valence-electron chi connectivity index (χ3n) is 7.77. The minimum atomic E-state index is -1.06. The van der Waals surface area contributed by atoms with E-state index in [0.717, 1.165) is 29.9 Å². The summed E-state index contributed by atoms with van der Waals surface area (Å²) in [6, 6.07) is 9.82. The molecule has 248 valence electrons. The quantitative estimate of drug-likeness (QED) is 0.157. The molecule has 6 rings (SSSR count). The van der Waals surface area contributed by atoms with Gasteiger partial charge in [0.15, 0.2) is 16.7 Å². The number of imide groups is 1. The summed E-state index contributed by atoms with van der Waals surface area (Å²) < 4.78 is 53.2. The van der Waals surface area contributed by atoms with Crippen LogP contribution < -0.4 is 19.7 Å². The molecule has 0 spiro atoms. The Bertz CT molecular complexity index is 1680. The lowest BCUT2D eigenvalue weighted by atomic mass is 9.90. The van der Waals surface area contributed by atoms with Crippen LogP contribution in [0, 0.1) is 11.6 Å². The van der Waals surface area contributed by atoms with Crippen molar-refractivity contribution in [1.82, 2.24) is 25.3 Å². The fraction of sp³-hybridized carbons (Fsp3) is 0.406. The Morgan fingerprint density at radius 1 is 1.00 bits per heavy atom. The highest BCUT2D eigenvalue weighted by Gasteiger charge is 2.28. The van der Waals surface area contributed by atoms with Crippen LogP contribution in [-0.2, 0) is 32.0 Å². The van der Waals surface area contributed by atoms with Crippen LogP contribution in [0.1, 0.15) is 30.0 Å². The van der Waals surface area contributed by atoms with Gasteiger partial charge in [-0.1, -0.05) is 17.3 Å². The molecule has 0 radical (unpaired) electrons. The van der Waals surface area contributed by atoms with Gasteiger partial charge in [0.25, 0.3) is 0 Å². The number of thiazole rings is 1. The van der Waals surface area contributed by atoms with E-state index in [1.165, 1.54) is 17.4 Å². The summed E-state index contributed by atoms with van der Waals surface area (Å²) in [6.45, 7) is 4.30. The van der Waals surface area contributed by atoms with E-state index in [9.17, 15) is 18.4 Å². The van der Waals surface area contributed by atoms with Crippen LogP contribution in [0.25, 0.3) is 11.3 Å². The van der Waals surface area contributed by atoms with E-state index in [2.05, 4.69) is 25.5 Å². The first-order valence-electron chi connectivity index (χ1n) is 15.4. The topological polar surface area (TPSA) is 130 Å². The highest BCUT2D eigenvalue weighted by atomic mass is 32.1. The van der Waals surface area contributed by atoms with Crippen molar-refractivity contribution < 1.29 is 37.3 Å². The van der Waals surface area contributed by atoms with Crippen molar-refractivity contribution in [3.8, 4) is 22.8 Å². The third-order valence-corrected chi connectivity index (χ3v) is 8.67. The Balaban J connectivity index is 0.918. The molecule has 47 heavy (non-hydrogen) atoms. The summed E-state index contributed by atoms with van der Waals surface area (Å²) >= 11 is 1.44. The van der Waals surface area contributed by atoms with E-state index in [1.54, 1.807) is 23.0 Å². The van der Waals surface area contributed by atoms with Crippen LogP contribution in [0.15, 0.2) is 48.0 Å². The van der Waals surface area contributed by atoms with Gasteiger partial charge < -0.3 is 23.8 Å². The predicted octanol–water partition coefficient (Wildman–Crippen LogP) is 3.75. The Hall–Kier alpha value is -4.47. The molecule has 2 amide bonds. The number of hydrogen-bond donors (Lipinski definition) is 1. The second-order valence-corrected chi connectivity index (χ2v) is 11.8. The number of hydrogen-bond acceptors (Lipinski definition) is 11. The minimum Gasteiger partial charge on any atom is -0.491 e. The van der Waals surface area contributed by atoms with E-state index < -0.39 is 11.6 Å². The summed E-state index contributed by atoms with van der Waals surface area (Å²) in [5.41, 5.74) is 2.38. The minimum absolute atomic E-state index is 0.0644. The van der Waals surface area contributed by atoms with Crippen LogP contribution in [0.5, 0.6) is 11.5 Å². The lowest BCUT2D eigenvalue weighted by Gasteiger charge is -2.26. The number of nitrogens with one attached hydrogen (secondary N) is 1. The van der Waals surface area contributed by atoms with Gasteiger partial charge in [-0.25, -0.2) is 14.1 Å². The molecule has 4 aromatic rings. The van der Waals surface area contributed by atoms with Crippen molar-refractivity contribution in [2.75, 3.05) is 57.6 Å². The van der Waals surface area contributed by atoms with Gasteiger partial charge in [0.2, 0.25) is 17.6 Å². The average Bonchev–Trinajstić information content (AvgIpc) is 3.76. The summed E-state index contributed by atoms with van der Waals surface area (Å²) in [4.78, 5) is 30.2. The standard InChI is InChI=1S/C32H34F2N6O6S/c33-26-7-5-25(27-20-47-32(35-27)39-10-14-43-15-11-39)30(29(26)34)46-13-9-22-19-40(38-37-22)12-16-44-17-18-45-23-3-1-21(2-4-23)24-6-8-28(41)36-31(24)42/h1-5,7,19-20,24H,6,8-18H2,(H,36,41,42). The number of ether oxygens (including phenoxy) is 4. The van der Waals surface area contributed by atoms with Crippen molar-refractivity contribution in [3.05, 3.63) is 70.9 Å². The summed E-state index contributed by atoms with van der Waals surface area (Å²) in [7, 11) is 0. The molecule has 0 aliphatic carbocycles. The van der Waals surface area contributed by atoms with Gasteiger partial charge in [-0.3, -0.25) is 14.9 Å². The number of carbonyl (C=O) groups is 2. The predicted molar refractivity (Wildman–Crippen MR) is 168 cm³/mol. The van der Waals surface area contributed by atoms with Gasteiger partial charge in [0, 0.05) is 43.1 Å². The van der Waals surface area contributed by atoms with E-state index in [4.69, 9.17) is 18.9 Å². The van der Waals surface area contributed by atoms with Crippen LogP contribution in [0.4, 0.5) is 13.9 Å². The highest BCUT2D eigenvalue weighted by Crippen LogP contribution is 2.36. The molecule has 2 aliphatic rings. The molecule has 4 heterocycles. The second kappa shape index (κ2) is 15.4. The lowest BCUT2D eigenvalue weighted by molar-refractivity contribution is -0.134. The zero-order valence-corrected chi connectivity index (χ0v) is 26.3. The molecule has 2 aromatic heterocycles. The molecule has 2 fully saturated rings.